The van der Waals surface area contributed by atoms with Gasteiger partial charge in [-0.05, 0) is 43.5 Å². The van der Waals surface area contributed by atoms with Crippen LogP contribution in [-0.2, 0) is 6.54 Å². The Morgan fingerprint density at radius 3 is 2.94 bits per heavy atom. The molecule has 1 aromatic carbocycles. The van der Waals surface area contributed by atoms with Crippen molar-refractivity contribution in [2.45, 2.75) is 32.2 Å². The lowest BCUT2D eigenvalue weighted by Gasteiger charge is -2.04. The fourth-order valence-corrected chi connectivity index (χ4v) is 1.70. The van der Waals surface area contributed by atoms with Crippen LogP contribution in [0.25, 0.3) is 0 Å². The monoisotopic (exact) mass is 228 g/mol. The molecule has 0 aliphatic rings. The van der Waals surface area contributed by atoms with Crippen LogP contribution in [0, 0.1) is 11.3 Å². The first-order valence-corrected chi connectivity index (χ1v) is 6.17. The molecule has 1 N–H and O–H groups in total. The Hall–Kier alpha value is -1.59. The summed E-state index contributed by atoms with van der Waals surface area (Å²) < 4.78 is 0. The van der Waals surface area contributed by atoms with Crippen LogP contribution in [0.2, 0.25) is 0 Å². The number of benzene rings is 1. The lowest BCUT2D eigenvalue weighted by atomic mass is 10.1. The normalized spacial score (nSPS) is 9.82. The Balaban J connectivity index is 2.13. The first-order valence-electron chi connectivity index (χ1n) is 6.17. The molecule has 0 radical (unpaired) electrons. The van der Waals surface area contributed by atoms with E-state index in [4.69, 9.17) is 5.26 Å². The predicted octanol–water partition coefficient (Wildman–Crippen LogP) is 3.39. The average molecular weight is 228 g/mol. The summed E-state index contributed by atoms with van der Waals surface area (Å²) >= 11 is 0. The molecule has 2 nitrogen and oxygen atoms in total. The van der Waals surface area contributed by atoms with Gasteiger partial charge in [0.05, 0.1) is 11.6 Å². The zero-order valence-electron chi connectivity index (χ0n) is 10.3. The summed E-state index contributed by atoms with van der Waals surface area (Å²) in [5.41, 5.74) is 1.91. The van der Waals surface area contributed by atoms with Gasteiger partial charge in [-0.25, -0.2) is 0 Å². The van der Waals surface area contributed by atoms with Gasteiger partial charge in [0.1, 0.15) is 0 Å². The van der Waals surface area contributed by atoms with Gasteiger partial charge in [-0.2, -0.15) is 5.26 Å². The molecule has 0 saturated carbocycles. The highest BCUT2D eigenvalue weighted by Gasteiger charge is 1.94. The Kier molecular flexibility index (Phi) is 6.78. The minimum atomic E-state index is 0.732. The maximum Gasteiger partial charge on any atom is 0.0991 e. The number of nitrogens with one attached hydrogen (secondary N) is 1. The predicted molar refractivity (Wildman–Crippen MR) is 71.5 cm³/mol. The van der Waals surface area contributed by atoms with Crippen LogP contribution in [0.15, 0.2) is 36.9 Å². The van der Waals surface area contributed by atoms with E-state index >= 15 is 0 Å². The zero-order chi connectivity index (χ0) is 12.3. The maximum atomic E-state index is 8.78. The third kappa shape index (κ3) is 5.89. The van der Waals surface area contributed by atoms with E-state index in [2.05, 4.69) is 18.0 Å². The number of nitrogens with zero attached hydrogens (tertiary/aromatic N) is 1. The lowest BCUT2D eigenvalue weighted by molar-refractivity contribution is 0.606. The van der Waals surface area contributed by atoms with E-state index in [9.17, 15) is 0 Å². The minimum Gasteiger partial charge on any atom is -0.313 e. The molecule has 0 bridgehead atoms. The van der Waals surface area contributed by atoms with Crippen molar-refractivity contribution in [3.05, 3.63) is 48.0 Å². The van der Waals surface area contributed by atoms with Crippen molar-refractivity contribution in [1.29, 1.82) is 5.26 Å². The molecule has 0 heterocycles. The second kappa shape index (κ2) is 8.55. The third-order valence-corrected chi connectivity index (χ3v) is 2.65. The highest BCUT2D eigenvalue weighted by atomic mass is 14.8. The summed E-state index contributed by atoms with van der Waals surface area (Å²) in [6.07, 6.45) is 6.77. The molecule has 0 atom stereocenters. The molecule has 0 unspecified atom stereocenters. The number of nitriles is 1. The Morgan fingerprint density at radius 1 is 1.29 bits per heavy atom. The van der Waals surface area contributed by atoms with Gasteiger partial charge in [0.25, 0.3) is 0 Å². The molecule has 0 aliphatic carbocycles. The summed E-state index contributed by atoms with van der Waals surface area (Å²) in [6, 6.07) is 9.90. The van der Waals surface area contributed by atoms with Crippen molar-refractivity contribution in [3.8, 4) is 6.07 Å². The highest BCUT2D eigenvalue weighted by Crippen LogP contribution is 2.04. The summed E-state index contributed by atoms with van der Waals surface area (Å²) in [7, 11) is 0. The second-order valence-corrected chi connectivity index (χ2v) is 4.13. The Bertz CT molecular complexity index is 377. The molecule has 90 valence electrons. The van der Waals surface area contributed by atoms with Crippen LogP contribution >= 0.6 is 0 Å². The smallest absolute Gasteiger partial charge is 0.0991 e. The van der Waals surface area contributed by atoms with E-state index in [1.54, 1.807) is 0 Å². The van der Waals surface area contributed by atoms with Gasteiger partial charge in [-0.15, -0.1) is 6.58 Å². The van der Waals surface area contributed by atoms with E-state index in [1.807, 2.05) is 30.3 Å². The molecular weight excluding hydrogens is 208 g/mol. The van der Waals surface area contributed by atoms with Gasteiger partial charge < -0.3 is 5.32 Å². The maximum absolute atomic E-state index is 8.78. The van der Waals surface area contributed by atoms with Crippen molar-refractivity contribution >= 4 is 0 Å². The average Bonchev–Trinajstić information content (AvgIpc) is 2.38. The summed E-state index contributed by atoms with van der Waals surface area (Å²) in [5.74, 6) is 0. The van der Waals surface area contributed by atoms with Crippen molar-refractivity contribution in [1.82, 2.24) is 5.32 Å². The topological polar surface area (TPSA) is 35.8 Å². The fourth-order valence-electron chi connectivity index (χ4n) is 1.70. The van der Waals surface area contributed by atoms with E-state index in [0.29, 0.717) is 0 Å². The van der Waals surface area contributed by atoms with Crippen LogP contribution in [0.1, 0.15) is 36.8 Å². The molecule has 0 aliphatic heterocycles. The first kappa shape index (κ1) is 13.5. The zero-order valence-corrected chi connectivity index (χ0v) is 10.3. The van der Waals surface area contributed by atoms with Gasteiger partial charge in [-0.3, -0.25) is 0 Å². The van der Waals surface area contributed by atoms with E-state index < -0.39 is 0 Å². The van der Waals surface area contributed by atoms with Crippen molar-refractivity contribution in [2.24, 2.45) is 0 Å². The van der Waals surface area contributed by atoms with E-state index in [-0.39, 0.29) is 0 Å². The van der Waals surface area contributed by atoms with E-state index in [0.717, 1.165) is 25.1 Å². The molecule has 0 spiro atoms. The van der Waals surface area contributed by atoms with Gasteiger partial charge in [0.2, 0.25) is 0 Å². The molecule has 0 amide bonds. The molecule has 0 saturated heterocycles. The molecule has 1 rings (SSSR count). The second-order valence-electron chi connectivity index (χ2n) is 4.13. The van der Waals surface area contributed by atoms with E-state index in [1.165, 1.54) is 24.8 Å². The van der Waals surface area contributed by atoms with Crippen LogP contribution in [-0.4, -0.2) is 6.54 Å². The standard InChI is InChI=1S/C15H20N2/c1-2-3-4-5-6-10-17-13-15-9-7-8-14(11-15)12-16/h2,7-9,11,17H,1,3-6,10,13H2. The summed E-state index contributed by atoms with van der Waals surface area (Å²) in [4.78, 5) is 0. The van der Waals surface area contributed by atoms with Crippen molar-refractivity contribution in [2.75, 3.05) is 6.54 Å². The van der Waals surface area contributed by atoms with Crippen LogP contribution < -0.4 is 5.32 Å². The van der Waals surface area contributed by atoms with Crippen LogP contribution in [0.4, 0.5) is 0 Å². The number of hydrogen-bond donors (Lipinski definition) is 1. The van der Waals surface area contributed by atoms with Crippen molar-refractivity contribution < 1.29 is 0 Å². The number of hydrogen-bond acceptors (Lipinski definition) is 2. The number of unbranched alkanes of at least 4 members (excludes halogenated alkanes) is 3. The van der Waals surface area contributed by atoms with Gasteiger partial charge in [0.15, 0.2) is 0 Å². The molecule has 1 aromatic rings. The fraction of sp³-hybridized carbons (Fsp3) is 0.400. The highest BCUT2D eigenvalue weighted by molar-refractivity contribution is 5.32. The minimum absolute atomic E-state index is 0.732. The quantitative estimate of drug-likeness (QED) is 0.547. The molecular formula is C15H20N2. The molecule has 0 aromatic heterocycles. The van der Waals surface area contributed by atoms with Gasteiger partial charge >= 0.3 is 0 Å². The number of rotatable bonds is 8. The van der Waals surface area contributed by atoms with Crippen LogP contribution in [0.3, 0.4) is 0 Å². The molecule has 2 heteroatoms. The Morgan fingerprint density at radius 2 is 2.18 bits per heavy atom. The molecule has 0 fully saturated rings. The summed E-state index contributed by atoms with van der Waals surface area (Å²) in [6.45, 7) is 5.59. The SMILES string of the molecule is C=CCCCCCNCc1cccc(C#N)c1. The first-order chi connectivity index (χ1) is 8.36. The molecule has 17 heavy (non-hydrogen) atoms. The van der Waals surface area contributed by atoms with Gasteiger partial charge in [-0.1, -0.05) is 24.6 Å². The van der Waals surface area contributed by atoms with Crippen LogP contribution in [0.5, 0.6) is 0 Å². The number of allylic oxidation sites excluding steroid dienone is 1. The Labute approximate surface area is 104 Å². The largest absolute Gasteiger partial charge is 0.313 e. The summed E-state index contributed by atoms with van der Waals surface area (Å²) in [5, 5.41) is 12.2. The lowest BCUT2D eigenvalue weighted by Crippen LogP contribution is -2.14. The van der Waals surface area contributed by atoms with Gasteiger partial charge in [0, 0.05) is 6.54 Å². The third-order valence-electron chi connectivity index (χ3n) is 2.65. The van der Waals surface area contributed by atoms with Crippen molar-refractivity contribution in [3.63, 3.8) is 0 Å².